The Labute approximate surface area is 147 Å². The minimum atomic E-state index is -0.108. The smallest absolute Gasteiger partial charge is 0.255 e. The number of para-hydroxylation sites is 1. The lowest BCUT2D eigenvalue weighted by Crippen LogP contribution is -2.24. The van der Waals surface area contributed by atoms with Crippen LogP contribution in [0.4, 0.5) is 0 Å². The van der Waals surface area contributed by atoms with Gasteiger partial charge in [0.15, 0.2) is 0 Å². The highest BCUT2D eigenvalue weighted by molar-refractivity contribution is 5.95. The second-order valence-electron chi connectivity index (χ2n) is 6.04. The fourth-order valence-electron chi connectivity index (χ4n) is 3.00. The molecule has 0 saturated heterocycles. The first-order valence-corrected chi connectivity index (χ1v) is 8.44. The average Bonchev–Trinajstić information content (AvgIpc) is 3.13. The molecule has 6 heteroatoms. The summed E-state index contributed by atoms with van der Waals surface area (Å²) >= 11 is 0. The number of benzene rings is 1. The molecule has 2 heterocycles. The Morgan fingerprint density at radius 3 is 2.48 bits per heavy atom. The molecule has 130 valence electrons. The molecule has 25 heavy (non-hydrogen) atoms. The first-order chi connectivity index (χ1) is 12.0. The Hall–Kier alpha value is -2.89. The number of rotatable bonds is 5. The summed E-state index contributed by atoms with van der Waals surface area (Å²) in [6.07, 6.45) is 1.63. The van der Waals surface area contributed by atoms with Gasteiger partial charge in [0.2, 0.25) is 0 Å². The molecule has 3 rings (SSSR count). The van der Waals surface area contributed by atoms with E-state index in [9.17, 15) is 4.79 Å². The largest absolute Gasteiger partial charge is 0.348 e. The molecule has 0 spiro atoms. The van der Waals surface area contributed by atoms with E-state index in [1.54, 1.807) is 6.20 Å². The van der Waals surface area contributed by atoms with Crippen LogP contribution in [-0.2, 0) is 13.1 Å². The molecule has 0 aliphatic rings. The molecule has 1 amide bonds. The zero-order valence-electron chi connectivity index (χ0n) is 15.1. The third kappa shape index (κ3) is 3.20. The summed E-state index contributed by atoms with van der Waals surface area (Å²) in [5, 5.41) is 11.8. The molecule has 6 nitrogen and oxygen atoms in total. The maximum Gasteiger partial charge on any atom is 0.255 e. The third-order valence-corrected chi connectivity index (χ3v) is 4.52. The van der Waals surface area contributed by atoms with Crippen LogP contribution in [0.15, 0.2) is 36.5 Å². The fraction of sp³-hybridized carbons (Fsp3) is 0.316. The van der Waals surface area contributed by atoms with Gasteiger partial charge in [-0.1, -0.05) is 18.2 Å². The first-order valence-electron chi connectivity index (χ1n) is 8.44. The molecular formula is C19H23N5O. The predicted octanol–water partition coefficient (Wildman–Crippen LogP) is 2.94. The van der Waals surface area contributed by atoms with Crippen LogP contribution in [0.3, 0.4) is 0 Å². The van der Waals surface area contributed by atoms with Crippen molar-refractivity contribution in [3.05, 3.63) is 64.7 Å². The summed E-state index contributed by atoms with van der Waals surface area (Å²) in [7, 11) is 0. The van der Waals surface area contributed by atoms with Crippen molar-refractivity contribution in [1.29, 1.82) is 0 Å². The summed E-state index contributed by atoms with van der Waals surface area (Å²) in [6.45, 7) is 9.10. The highest BCUT2D eigenvalue weighted by Gasteiger charge is 2.16. The van der Waals surface area contributed by atoms with E-state index in [4.69, 9.17) is 0 Å². The summed E-state index contributed by atoms with van der Waals surface area (Å²) < 4.78 is 3.73. The van der Waals surface area contributed by atoms with Gasteiger partial charge in [0.25, 0.3) is 5.91 Å². The molecule has 1 N–H and O–H groups in total. The molecule has 2 aromatic heterocycles. The van der Waals surface area contributed by atoms with Crippen molar-refractivity contribution in [2.24, 2.45) is 0 Å². The van der Waals surface area contributed by atoms with Crippen molar-refractivity contribution in [3.63, 3.8) is 0 Å². The van der Waals surface area contributed by atoms with Crippen LogP contribution < -0.4 is 5.32 Å². The maximum absolute atomic E-state index is 12.5. The minimum absolute atomic E-state index is 0.108. The van der Waals surface area contributed by atoms with E-state index in [0.717, 1.165) is 34.9 Å². The maximum atomic E-state index is 12.5. The summed E-state index contributed by atoms with van der Waals surface area (Å²) in [6, 6.07) is 9.99. The molecule has 3 aromatic rings. The van der Waals surface area contributed by atoms with Crippen LogP contribution in [0.2, 0.25) is 0 Å². The second kappa shape index (κ2) is 6.93. The lowest BCUT2D eigenvalue weighted by atomic mass is 10.2. The van der Waals surface area contributed by atoms with Gasteiger partial charge in [0.05, 0.1) is 23.1 Å². The van der Waals surface area contributed by atoms with Gasteiger partial charge in [-0.15, -0.1) is 0 Å². The van der Waals surface area contributed by atoms with Gasteiger partial charge in [-0.05, 0) is 39.8 Å². The SMILES string of the molecule is CCn1ncc(C(=O)NCc2c(C)nn(-c3ccccc3)c2C)c1C. The Balaban J connectivity index is 1.78. The zero-order chi connectivity index (χ0) is 18.0. The highest BCUT2D eigenvalue weighted by Crippen LogP contribution is 2.18. The average molecular weight is 337 g/mol. The minimum Gasteiger partial charge on any atom is -0.348 e. The van der Waals surface area contributed by atoms with E-state index in [-0.39, 0.29) is 5.91 Å². The van der Waals surface area contributed by atoms with Crippen molar-refractivity contribution in [2.45, 2.75) is 40.8 Å². The van der Waals surface area contributed by atoms with Crippen LogP contribution in [0, 0.1) is 20.8 Å². The van der Waals surface area contributed by atoms with E-state index in [1.165, 1.54) is 0 Å². The van der Waals surface area contributed by atoms with Gasteiger partial charge in [0, 0.05) is 30.0 Å². The lowest BCUT2D eigenvalue weighted by Gasteiger charge is -2.07. The zero-order valence-corrected chi connectivity index (χ0v) is 15.1. The number of hydrogen-bond acceptors (Lipinski definition) is 3. The van der Waals surface area contributed by atoms with E-state index in [1.807, 2.05) is 67.4 Å². The van der Waals surface area contributed by atoms with Crippen LogP contribution in [0.5, 0.6) is 0 Å². The number of carbonyl (C=O) groups is 1. The second-order valence-corrected chi connectivity index (χ2v) is 6.04. The Bertz CT molecular complexity index is 892. The van der Waals surface area contributed by atoms with Crippen molar-refractivity contribution in [1.82, 2.24) is 24.9 Å². The predicted molar refractivity (Wildman–Crippen MR) is 96.8 cm³/mol. The van der Waals surface area contributed by atoms with Gasteiger partial charge in [-0.2, -0.15) is 10.2 Å². The van der Waals surface area contributed by atoms with Gasteiger partial charge < -0.3 is 5.32 Å². The van der Waals surface area contributed by atoms with Gasteiger partial charge in [0.1, 0.15) is 0 Å². The van der Waals surface area contributed by atoms with Gasteiger partial charge >= 0.3 is 0 Å². The quantitative estimate of drug-likeness (QED) is 0.778. The van der Waals surface area contributed by atoms with Crippen molar-refractivity contribution in [2.75, 3.05) is 0 Å². The Morgan fingerprint density at radius 1 is 1.12 bits per heavy atom. The molecule has 1 aromatic carbocycles. The van der Waals surface area contributed by atoms with E-state index >= 15 is 0 Å². The Kier molecular flexibility index (Phi) is 4.70. The van der Waals surface area contributed by atoms with Gasteiger partial charge in [-0.3, -0.25) is 9.48 Å². The molecule has 0 atom stereocenters. The molecule has 0 radical (unpaired) electrons. The topological polar surface area (TPSA) is 64.7 Å². The van der Waals surface area contributed by atoms with E-state index in [0.29, 0.717) is 12.1 Å². The number of hydrogen-bond donors (Lipinski definition) is 1. The van der Waals surface area contributed by atoms with E-state index < -0.39 is 0 Å². The number of amides is 1. The monoisotopic (exact) mass is 337 g/mol. The number of carbonyl (C=O) groups excluding carboxylic acids is 1. The van der Waals surface area contributed by atoms with Crippen LogP contribution >= 0.6 is 0 Å². The van der Waals surface area contributed by atoms with Crippen LogP contribution in [-0.4, -0.2) is 25.5 Å². The summed E-state index contributed by atoms with van der Waals surface area (Å²) in [5.41, 5.74) is 5.51. The number of aromatic nitrogens is 4. The van der Waals surface area contributed by atoms with Crippen molar-refractivity contribution < 1.29 is 4.79 Å². The third-order valence-electron chi connectivity index (χ3n) is 4.52. The van der Waals surface area contributed by atoms with Crippen molar-refractivity contribution in [3.8, 4) is 5.69 Å². The number of aryl methyl sites for hydroxylation is 2. The number of nitrogens with one attached hydrogen (secondary N) is 1. The summed E-state index contributed by atoms with van der Waals surface area (Å²) in [5.74, 6) is -0.108. The molecule has 0 bridgehead atoms. The highest BCUT2D eigenvalue weighted by atomic mass is 16.1. The normalized spacial score (nSPS) is 10.9. The lowest BCUT2D eigenvalue weighted by molar-refractivity contribution is 0.0950. The summed E-state index contributed by atoms with van der Waals surface area (Å²) in [4.78, 5) is 12.5. The van der Waals surface area contributed by atoms with Crippen LogP contribution in [0.1, 0.15) is 39.9 Å². The van der Waals surface area contributed by atoms with Gasteiger partial charge in [-0.25, -0.2) is 4.68 Å². The van der Waals surface area contributed by atoms with Crippen LogP contribution in [0.25, 0.3) is 5.69 Å². The first kappa shape index (κ1) is 17.0. The van der Waals surface area contributed by atoms with Crippen molar-refractivity contribution >= 4 is 5.91 Å². The molecule has 0 aliphatic heterocycles. The molecule has 0 saturated carbocycles. The number of nitrogens with zero attached hydrogens (tertiary/aromatic N) is 4. The molecule has 0 fully saturated rings. The molecular weight excluding hydrogens is 314 g/mol. The Morgan fingerprint density at radius 2 is 1.84 bits per heavy atom. The standard InChI is InChI=1S/C19H23N5O/c1-5-23-14(3)18(12-21-23)19(25)20-11-17-13(2)22-24(15(17)4)16-9-7-6-8-10-16/h6-10,12H,5,11H2,1-4H3,(H,20,25). The fourth-order valence-corrected chi connectivity index (χ4v) is 3.00. The molecule has 0 aliphatic carbocycles. The van der Waals surface area contributed by atoms with E-state index in [2.05, 4.69) is 15.5 Å². The molecule has 0 unspecified atom stereocenters.